The molecule has 20 heavy (non-hydrogen) atoms. The Morgan fingerprint density at radius 1 is 1.20 bits per heavy atom. The summed E-state index contributed by atoms with van der Waals surface area (Å²) in [6.45, 7) is 4.11. The van der Waals surface area contributed by atoms with Crippen LogP contribution in [-0.4, -0.2) is 38.5 Å². The van der Waals surface area contributed by atoms with E-state index in [1.165, 1.54) is 51.4 Å². The van der Waals surface area contributed by atoms with Crippen LogP contribution in [0.3, 0.4) is 0 Å². The average molecular weight is 297 g/mol. The molecule has 6 heteroatoms. The van der Waals surface area contributed by atoms with E-state index in [2.05, 4.69) is 27.8 Å². The Bertz CT molecular complexity index is 364. The zero-order valence-electron chi connectivity index (χ0n) is 12.6. The predicted molar refractivity (Wildman–Crippen MR) is 82.9 cm³/mol. The number of aromatic nitrogens is 4. The molecule has 5 nitrogen and oxygen atoms in total. The van der Waals surface area contributed by atoms with Crippen molar-refractivity contribution in [2.24, 2.45) is 0 Å². The molecule has 0 bridgehead atoms. The van der Waals surface area contributed by atoms with E-state index in [-0.39, 0.29) is 0 Å². The second-order valence-corrected chi connectivity index (χ2v) is 6.59. The second kappa shape index (κ2) is 9.34. The van der Waals surface area contributed by atoms with E-state index >= 15 is 0 Å². The summed E-state index contributed by atoms with van der Waals surface area (Å²) < 4.78 is 1.93. The molecule has 1 saturated carbocycles. The lowest BCUT2D eigenvalue weighted by molar-refractivity contribution is 0.509. The molecule has 0 aromatic carbocycles. The van der Waals surface area contributed by atoms with Crippen LogP contribution in [0, 0.1) is 0 Å². The molecule has 1 aromatic rings. The van der Waals surface area contributed by atoms with Gasteiger partial charge in [-0.25, -0.2) is 4.68 Å². The summed E-state index contributed by atoms with van der Waals surface area (Å²) in [6.07, 6.45) is 10.7. The van der Waals surface area contributed by atoms with E-state index in [0.29, 0.717) is 0 Å². The van der Waals surface area contributed by atoms with Crippen LogP contribution in [0.5, 0.6) is 0 Å². The average Bonchev–Trinajstić information content (AvgIpc) is 3.17. The molecular weight excluding hydrogens is 270 g/mol. The number of nitrogens with one attached hydrogen (secondary N) is 1. The van der Waals surface area contributed by atoms with Gasteiger partial charge in [0.25, 0.3) is 0 Å². The molecule has 1 N–H and O–H groups in total. The van der Waals surface area contributed by atoms with E-state index in [9.17, 15) is 0 Å². The van der Waals surface area contributed by atoms with Crippen molar-refractivity contribution in [2.75, 3.05) is 12.3 Å². The summed E-state index contributed by atoms with van der Waals surface area (Å²) in [5, 5.41) is 16.4. The Kier molecular flexibility index (Phi) is 7.36. The first-order chi connectivity index (χ1) is 9.90. The molecule has 114 valence electrons. The highest BCUT2D eigenvalue weighted by Gasteiger charge is 2.19. The minimum absolute atomic E-state index is 0.755. The number of tetrazole rings is 1. The Hall–Kier alpha value is -0.620. The maximum Gasteiger partial charge on any atom is 0.209 e. The molecule has 2 rings (SSSR count). The van der Waals surface area contributed by atoms with Gasteiger partial charge in [-0.1, -0.05) is 50.8 Å². The molecule has 1 aliphatic carbocycles. The molecule has 0 spiro atoms. The van der Waals surface area contributed by atoms with Gasteiger partial charge in [0.1, 0.15) is 0 Å². The lowest BCUT2D eigenvalue weighted by Crippen LogP contribution is -2.22. The zero-order valence-corrected chi connectivity index (χ0v) is 13.4. The van der Waals surface area contributed by atoms with Crippen molar-refractivity contribution in [2.45, 2.75) is 76.0 Å². The summed E-state index contributed by atoms with van der Waals surface area (Å²) in [6, 6.07) is 0.755. The van der Waals surface area contributed by atoms with Crippen molar-refractivity contribution in [1.82, 2.24) is 25.5 Å². The molecule has 0 atom stereocenters. The molecule has 1 heterocycles. The SMILES string of the molecule is CCCCCCCCSc1nnnn1CCNC1CC1. The molecule has 1 fully saturated rings. The molecule has 0 aliphatic heterocycles. The van der Waals surface area contributed by atoms with Crippen molar-refractivity contribution in [3.05, 3.63) is 0 Å². The predicted octanol–water partition coefficient (Wildman–Crippen LogP) is 2.88. The fraction of sp³-hybridized carbons (Fsp3) is 0.929. The third-order valence-corrected chi connectivity index (χ3v) is 4.61. The Morgan fingerprint density at radius 2 is 2.00 bits per heavy atom. The van der Waals surface area contributed by atoms with Crippen LogP contribution in [0.15, 0.2) is 5.16 Å². The third kappa shape index (κ3) is 6.22. The highest BCUT2D eigenvalue weighted by Crippen LogP contribution is 2.19. The number of hydrogen-bond donors (Lipinski definition) is 1. The van der Waals surface area contributed by atoms with Crippen LogP contribution in [0.4, 0.5) is 0 Å². The largest absolute Gasteiger partial charge is 0.312 e. The van der Waals surface area contributed by atoms with Crippen molar-refractivity contribution in [3.8, 4) is 0 Å². The first-order valence-electron chi connectivity index (χ1n) is 8.02. The van der Waals surface area contributed by atoms with E-state index in [0.717, 1.165) is 30.0 Å². The quantitative estimate of drug-likeness (QED) is 0.475. The van der Waals surface area contributed by atoms with Gasteiger partial charge in [-0.3, -0.25) is 0 Å². The van der Waals surface area contributed by atoms with Gasteiger partial charge in [0.2, 0.25) is 5.16 Å². The monoisotopic (exact) mass is 297 g/mol. The van der Waals surface area contributed by atoms with E-state index in [4.69, 9.17) is 0 Å². The van der Waals surface area contributed by atoms with Crippen molar-refractivity contribution in [3.63, 3.8) is 0 Å². The summed E-state index contributed by atoms with van der Waals surface area (Å²) in [4.78, 5) is 0. The minimum Gasteiger partial charge on any atom is -0.312 e. The van der Waals surface area contributed by atoms with E-state index in [1.807, 2.05) is 4.68 Å². The van der Waals surface area contributed by atoms with E-state index < -0.39 is 0 Å². The smallest absolute Gasteiger partial charge is 0.209 e. The third-order valence-electron chi connectivity index (χ3n) is 3.56. The maximum absolute atomic E-state index is 4.11. The summed E-state index contributed by atoms with van der Waals surface area (Å²) in [7, 11) is 0. The van der Waals surface area contributed by atoms with Gasteiger partial charge < -0.3 is 5.32 Å². The fourth-order valence-electron chi connectivity index (χ4n) is 2.15. The summed E-state index contributed by atoms with van der Waals surface area (Å²) in [5.74, 6) is 1.13. The molecular formula is C14H27N5S. The zero-order chi connectivity index (χ0) is 14.0. The van der Waals surface area contributed by atoms with Gasteiger partial charge >= 0.3 is 0 Å². The van der Waals surface area contributed by atoms with Crippen LogP contribution in [-0.2, 0) is 6.54 Å². The minimum atomic E-state index is 0.755. The number of rotatable bonds is 12. The Morgan fingerprint density at radius 3 is 2.80 bits per heavy atom. The summed E-state index contributed by atoms with van der Waals surface area (Å²) in [5.41, 5.74) is 0. The van der Waals surface area contributed by atoms with Gasteiger partial charge in [-0.15, -0.1) is 5.10 Å². The fourth-order valence-corrected chi connectivity index (χ4v) is 3.05. The van der Waals surface area contributed by atoms with E-state index in [1.54, 1.807) is 11.8 Å². The standard InChI is InChI=1S/C14H27N5S/c1-2-3-4-5-6-7-12-20-14-16-17-18-19(14)11-10-15-13-8-9-13/h13,15H,2-12H2,1H3. The molecule has 1 aromatic heterocycles. The normalized spacial score (nSPS) is 14.8. The topological polar surface area (TPSA) is 55.6 Å². The van der Waals surface area contributed by atoms with Crippen molar-refractivity contribution in [1.29, 1.82) is 0 Å². The molecule has 0 radical (unpaired) electrons. The Labute approximate surface area is 126 Å². The molecule has 1 aliphatic rings. The van der Waals surface area contributed by atoms with Gasteiger partial charge in [-0.05, 0) is 29.7 Å². The van der Waals surface area contributed by atoms with Gasteiger partial charge in [0, 0.05) is 18.3 Å². The number of unbranched alkanes of at least 4 members (excludes halogenated alkanes) is 5. The van der Waals surface area contributed by atoms with Crippen LogP contribution >= 0.6 is 11.8 Å². The van der Waals surface area contributed by atoms with Gasteiger partial charge in [0.05, 0.1) is 6.54 Å². The number of thioether (sulfide) groups is 1. The van der Waals surface area contributed by atoms with Crippen LogP contribution in [0.1, 0.15) is 58.3 Å². The van der Waals surface area contributed by atoms with Crippen LogP contribution in [0.25, 0.3) is 0 Å². The highest BCUT2D eigenvalue weighted by molar-refractivity contribution is 7.99. The second-order valence-electron chi connectivity index (χ2n) is 5.53. The Balaban J connectivity index is 1.54. The van der Waals surface area contributed by atoms with Crippen molar-refractivity contribution < 1.29 is 0 Å². The number of hydrogen-bond acceptors (Lipinski definition) is 5. The lowest BCUT2D eigenvalue weighted by Gasteiger charge is -2.05. The molecule has 0 amide bonds. The van der Waals surface area contributed by atoms with Gasteiger partial charge in [-0.2, -0.15) is 0 Å². The molecule has 0 saturated heterocycles. The van der Waals surface area contributed by atoms with Crippen LogP contribution < -0.4 is 5.32 Å². The highest BCUT2D eigenvalue weighted by atomic mass is 32.2. The first-order valence-corrected chi connectivity index (χ1v) is 9.01. The first kappa shape index (κ1) is 15.8. The van der Waals surface area contributed by atoms with Gasteiger partial charge in [0.15, 0.2) is 0 Å². The number of nitrogens with zero attached hydrogens (tertiary/aromatic N) is 4. The summed E-state index contributed by atoms with van der Waals surface area (Å²) >= 11 is 1.79. The lowest BCUT2D eigenvalue weighted by atomic mass is 10.1. The molecule has 0 unspecified atom stereocenters. The maximum atomic E-state index is 4.11. The van der Waals surface area contributed by atoms with Crippen molar-refractivity contribution >= 4 is 11.8 Å². The van der Waals surface area contributed by atoms with Crippen LogP contribution in [0.2, 0.25) is 0 Å².